The largest absolute Gasteiger partial charge is 0.327 e. The highest BCUT2D eigenvalue weighted by Gasteiger charge is 2.39. The van der Waals surface area contributed by atoms with Gasteiger partial charge < -0.3 is 5.73 Å². The molecule has 2 N–H and O–H groups in total. The molecule has 0 bridgehead atoms. The van der Waals surface area contributed by atoms with Crippen molar-refractivity contribution in [2.75, 3.05) is 19.6 Å². The van der Waals surface area contributed by atoms with E-state index >= 15 is 0 Å². The molecule has 0 radical (unpaired) electrons. The molecule has 82 valence electrons. The first-order valence-electron chi connectivity index (χ1n) is 5.87. The fraction of sp³-hybridized carbons (Fsp3) is 1.00. The van der Waals surface area contributed by atoms with Gasteiger partial charge in [0.1, 0.15) is 5.67 Å². The minimum Gasteiger partial charge on any atom is -0.327 e. The molecule has 2 aliphatic rings. The van der Waals surface area contributed by atoms with Crippen molar-refractivity contribution in [2.24, 2.45) is 5.73 Å². The van der Waals surface area contributed by atoms with Crippen molar-refractivity contribution < 1.29 is 4.39 Å². The van der Waals surface area contributed by atoms with Gasteiger partial charge in [-0.25, -0.2) is 4.39 Å². The third-order valence-corrected chi connectivity index (χ3v) is 3.79. The second kappa shape index (κ2) is 4.15. The number of alkyl halides is 1. The zero-order valence-electron chi connectivity index (χ0n) is 8.84. The maximum Gasteiger partial charge on any atom is 0.137 e. The van der Waals surface area contributed by atoms with E-state index in [0.717, 1.165) is 6.54 Å². The summed E-state index contributed by atoms with van der Waals surface area (Å²) in [5.41, 5.74) is 4.37. The Labute approximate surface area is 85.6 Å². The maximum atomic E-state index is 13.9. The number of hydrogen-bond acceptors (Lipinski definition) is 2. The quantitative estimate of drug-likeness (QED) is 0.735. The summed E-state index contributed by atoms with van der Waals surface area (Å²) in [6.07, 6.45) is 7.18. The van der Waals surface area contributed by atoms with Crippen LogP contribution in [0.3, 0.4) is 0 Å². The molecular weight excluding hydrogens is 179 g/mol. The number of nitrogens with zero attached hydrogens (tertiary/aromatic N) is 1. The molecule has 0 aromatic carbocycles. The highest BCUT2D eigenvalue weighted by molar-refractivity contribution is 4.94. The number of nitrogens with two attached hydrogens (primary N) is 1. The van der Waals surface area contributed by atoms with Gasteiger partial charge in [-0.1, -0.05) is 19.3 Å². The molecule has 1 atom stereocenters. The average molecular weight is 200 g/mol. The molecule has 1 aliphatic heterocycles. The summed E-state index contributed by atoms with van der Waals surface area (Å²) in [6.45, 7) is 1.68. The molecule has 2 fully saturated rings. The van der Waals surface area contributed by atoms with Crippen molar-refractivity contribution in [1.29, 1.82) is 0 Å². The summed E-state index contributed by atoms with van der Waals surface area (Å²) in [5, 5.41) is 0. The van der Waals surface area contributed by atoms with Gasteiger partial charge in [0.15, 0.2) is 0 Å². The Kier molecular flexibility index (Phi) is 3.07. The van der Waals surface area contributed by atoms with Crippen molar-refractivity contribution in [1.82, 2.24) is 4.90 Å². The minimum atomic E-state index is -1.09. The summed E-state index contributed by atoms with van der Waals surface area (Å²) in [5.74, 6) is 0. The second-order valence-electron chi connectivity index (χ2n) is 4.87. The molecule has 1 heterocycles. The Bertz CT molecular complexity index is 192. The highest BCUT2D eigenvalue weighted by Crippen LogP contribution is 2.31. The van der Waals surface area contributed by atoms with Crippen LogP contribution in [0.4, 0.5) is 4.39 Å². The molecule has 1 saturated heterocycles. The summed E-state index contributed by atoms with van der Waals surface area (Å²) in [6, 6.07) is 0.646. The normalized spacial score (nSPS) is 36.4. The van der Waals surface area contributed by atoms with E-state index in [1.165, 1.54) is 32.1 Å². The third-order valence-electron chi connectivity index (χ3n) is 3.79. The Morgan fingerprint density at radius 1 is 1.29 bits per heavy atom. The lowest BCUT2D eigenvalue weighted by Gasteiger charge is -2.31. The van der Waals surface area contributed by atoms with Crippen molar-refractivity contribution in [3.8, 4) is 0 Å². The molecule has 2 nitrogen and oxygen atoms in total. The average Bonchev–Trinajstić information content (AvgIpc) is 2.63. The zero-order chi connectivity index (χ0) is 10.0. The molecule has 0 amide bonds. The van der Waals surface area contributed by atoms with Gasteiger partial charge in [0, 0.05) is 25.7 Å². The molecular formula is C11H21FN2. The van der Waals surface area contributed by atoms with Crippen molar-refractivity contribution in [3.05, 3.63) is 0 Å². The lowest BCUT2D eigenvalue weighted by molar-refractivity contribution is 0.136. The fourth-order valence-corrected chi connectivity index (χ4v) is 2.79. The van der Waals surface area contributed by atoms with Gasteiger partial charge in [0.2, 0.25) is 0 Å². The Morgan fingerprint density at radius 2 is 2.00 bits per heavy atom. The summed E-state index contributed by atoms with van der Waals surface area (Å²) >= 11 is 0. The molecule has 1 unspecified atom stereocenters. The predicted molar refractivity (Wildman–Crippen MR) is 56.0 cm³/mol. The van der Waals surface area contributed by atoms with Gasteiger partial charge in [-0.15, -0.1) is 0 Å². The summed E-state index contributed by atoms with van der Waals surface area (Å²) in [7, 11) is 0. The van der Waals surface area contributed by atoms with E-state index in [-0.39, 0.29) is 6.54 Å². The summed E-state index contributed by atoms with van der Waals surface area (Å²) < 4.78 is 13.9. The van der Waals surface area contributed by atoms with Crippen molar-refractivity contribution >= 4 is 0 Å². The molecule has 3 heteroatoms. The highest BCUT2D eigenvalue weighted by atomic mass is 19.1. The molecule has 1 aliphatic carbocycles. The lowest BCUT2D eigenvalue weighted by Crippen LogP contribution is -2.40. The van der Waals surface area contributed by atoms with E-state index in [2.05, 4.69) is 4.90 Å². The predicted octanol–water partition coefficient (Wildman–Crippen LogP) is 1.69. The maximum absolute atomic E-state index is 13.9. The van der Waals surface area contributed by atoms with Crippen LogP contribution in [0.15, 0.2) is 0 Å². The molecule has 2 rings (SSSR count). The first kappa shape index (κ1) is 10.4. The van der Waals surface area contributed by atoms with Crippen molar-refractivity contribution in [3.63, 3.8) is 0 Å². The van der Waals surface area contributed by atoms with Crippen LogP contribution in [-0.2, 0) is 0 Å². The topological polar surface area (TPSA) is 29.3 Å². The van der Waals surface area contributed by atoms with Gasteiger partial charge >= 0.3 is 0 Å². The first-order valence-corrected chi connectivity index (χ1v) is 5.87. The molecule has 0 aromatic heterocycles. The fourth-order valence-electron chi connectivity index (χ4n) is 2.79. The Hall–Kier alpha value is -0.150. The first-order chi connectivity index (χ1) is 6.73. The third kappa shape index (κ3) is 2.09. The van der Waals surface area contributed by atoms with Crippen LogP contribution in [0.25, 0.3) is 0 Å². The van der Waals surface area contributed by atoms with Gasteiger partial charge in [-0.2, -0.15) is 0 Å². The molecule has 0 spiro atoms. The second-order valence-corrected chi connectivity index (χ2v) is 4.87. The van der Waals surface area contributed by atoms with Gasteiger partial charge in [0.25, 0.3) is 0 Å². The van der Waals surface area contributed by atoms with Crippen LogP contribution >= 0.6 is 0 Å². The number of likely N-dealkylation sites (tertiary alicyclic amines) is 1. The van der Waals surface area contributed by atoms with E-state index in [1.807, 2.05) is 0 Å². The monoisotopic (exact) mass is 200 g/mol. The minimum absolute atomic E-state index is 0.191. The van der Waals surface area contributed by atoms with E-state index in [4.69, 9.17) is 5.73 Å². The molecule has 1 saturated carbocycles. The van der Waals surface area contributed by atoms with E-state index in [9.17, 15) is 4.39 Å². The van der Waals surface area contributed by atoms with Gasteiger partial charge in [0.05, 0.1) is 0 Å². The van der Waals surface area contributed by atoms with Crippen LogP contribution in [0.5, 0.6) is 0 Å². The van der Waals surface area contributed by atoms with Crippen molar-refractivity contribution in [2.45, 2.75) is 50.2 Å². The lowest BCUT2D eigenvalue weighted by atomic mass is 9.94. The Balaban J connectivity index is 1.88. The Morgan fingerprint density at radius 3 is 2.57 bits per heavy atom. The zero-order valence-corrected chi connectivity index (χ0v) is 8.84. The van der Waals surface area contributed by atoms with Crippen LogP contribution in [-0.4, -0.2) is 36.2 Å². The van der Waals surface area contributed by atoms with Gasteiger partial charge in [-0.3, -0.25) is 4.90 Å². The van der Waals surface area contributed by atoms with Gasteiger partial charge in [-0.05, 0) is 19.3 Å². The SMILES string of the molecule is NCC1(F)CCN(C2CCCCC2)C1. The number of halogens is 1. The summed E-state index contributed by atoms with van der Waals surface area (Å²) in [4.78, 5) is 2.33. The van der Waals surface area contributed by atoms with E-state index < -0.39 is 5.67 Å². The van der Waals surface area contributed by atoms with E-state index in [1.54, 1.807) is 0 Å². The number of rotatable bonds is 2. The van der Waals surface area contributed by atoms with Crippen LogP contribution in [0.1, 0.15) is 38.5 Å². The smallest absolute Gasteiger partial charge is 0.137 e. The molecule has 0 aromatic rings. The van der Waals surface area contributed by atoms with E-state index in [0.29, 0.717) is 19.0 Å². The van der Waals surface area contributed by atoms with Crippen LogP contribution < -0.4 is 5.73 Å². The molecule has 14 heavy (non-hydrogen) atoms. The van der Waals surface area contributed by atoms with Crippen LogP contribution in [0.2, 0.25) is 0 Å². The standard InChI is InChI=1S/C11H21FN2/c12-11(8-13)6-7-14(9-11)10-4-2-1-3-5-10/h10H,1-9,13H2. The number of hydrogen-bond donors (Lipinski definition) is 1. The van der Waals surface area contributed by atoms with Crippen LogP contribution in [0, 0.1) is 0 Å².